The summed E-state index contributed by atoms with van der Waals surface area (Å²) in [6, 6.07) is 5.93. The molecule has 4 nitrogen and oxygen atoms in total. The van der Waals surface area contributed by atoms with Crippen LogP contribution in [0, 0.1) is 0 Å². The van der Waals surface area contributed by atoms with Crippen molar-refractivity contribution in [1.29, 1.82) is 0 Å². The number of carbonyl (C=O) groups is 1. The van der Waals surface area contributed by atoms with Gasteiger partial charge in [0.15, 0.2) is 0 Å². The summed E-state index contributed by atoms with van der Waals surface area (Å²) in [5.74, 6) is 0.680. The van der Waals surface area contributed by atoms with Gasteiger partial charge in [-0.2, -0.15) is 0 Å². The highest BCUT2D eigenvalue weighted by Gasteiger charge is 2.11. The number of carbonyl (C=O) groups excluding carboxylic acids is 1. The minimum Gasteiger partial charge on any atom is -0.496 e. The Bertz CT molecular complexity index is 423. The largest absolute Gasteiger partial charge is 0.496 e. The first-order valence-electron chi connectivity index (χ1n) is 6.22. The van der Waals surface area contributed by atoms with Crippen LogP contribution in [0.15, 0.2) is 22.7 Å². The van der Waals surface area contributed by atoms with E-state index >= 15 is 0 Å². The number of halogens is 1. The summed E-state index contributed by atoms with van der Waals surface area (Å²) < 4.78 is 11.0. The lowest BCUT2D eigenvalue weighted by Gasteiger charge is -2.21. The highest BCUT2D eigenvalue weighted by molar-refractivity contribution is 9.10. The second-order valence-electron chi connectivity index (χ2n) is 4.15. The van der Waals surface area contributed by atoms with E-state index in [0.29, 0.717) is 13.0 Å². The molecule has 0 aliphatic rings. The molecule has 0 fully saturated rings. The summed E-state index contributed by atoms with van der Waals surface area (Å²) in [6.45, 7) is 4.36. The van der Waals surface area contributed by atoms with Gasteiger partial charge in [0, 0.05) is 23.1 Å². The third kappa shape index (κ3) is 5.20. The Hall–Kier alpha value is -1.07. The molecule has 19 heavy (non-hydrogen) atoms. The van der Waals surface area contributed by atoms with Crippen molar-refractivity contribution in [2.75, 3.05) is 27.3 Å². The second kappa shape index (κ2) is 8.17. The fraction of sp³-hybridized carbons (Fsp3) is 0.500. The predicted molar refractivity (Wildman–Crippen MR) is 78.3 cm³/mol. The van der Waals surface area contributed by atoms with Gasteiger partial charge in [-0.15, -0.1) is 0 Å². The molecule has 0 bridgehead atoms. The van der Waals surface area contributed by atoms with Crippen LogP contribution in [0.2, 0.25) is 0 Å². The number of esters is 1. The Balaban J connectivity index is 2.69. The number of hydrogen-bond acceptors (Lipinski definition) is 4. The Labute approximate surface area is 122 Å². The zero-order chi connectivity index (χ0) is 14.3. The summed E-state index contributed by atoms with van der Waals surface area (Å²) in [5.41, 5.74) is 1.10. The van der Waals surface area contributed by atoms with Crippen molar-refractivity contribution in [3.8, 4) is 5.75 Å². The molecule has 0 heterocycles. The van der Waals surface area contributed by atoms with Crippen LogP contribution in [0.25, 0.3) is 0 Å². The van der Waals surface area contributed by atoms with Crippen LogP contribution in [0.4, 0.5) is 0 Å². The van der Waals surface area contributed by atoms with E-state index in [9.17, 15) is 4.79 Å². The summed E-state index contributed by atoms with van der Waals surface area (Å²) in [4.78, 5) is 13.4. The van der Waals surface area contributed by atoms with Crippen molar-refractivity contribution in [3.63, 3.8) is 0 Å². The molecule has 1 rings (SSSR count). The molecular weight excluding hydrogens is 310 g/mol. The second-order valence-corrected chi connectivity index (χ2v) is 5.07. The topological polar surface area (TPSA) is 38.8 Å². The van der Waals surface area contributed by atoms with E-state index in [4.69, 9.17) is 4.74 Å². The van der Waals surface area contributed by atoms with Gasteiger partial charge < -0.3 is 9.47 Å². The van der Waals surface area contributed by atoms with Crippen LogP contribution in [0.1, 0.15) is 18.9 Å². The molecule has 5 heteroatoms. The van der Waals surface area contributed by atoms with Crippen molar-refractivity contribution in [2.24, 2.45) is 0 Å². The van der Waals surface area contributed by atoms with Crippen LogP contribution in [-0.2, 0) is 16.1 Å². The summed E-state index contributed by atoms with van der Waals surface area (Å²) in [5, 5.41) is 0. The number of ether oxygens (including phenoxy) is 2. The zero-order valence-electron chi connectivity index (χ0n) is 11.6. The van der Waals surface area contributed by atoms with Crippen LogP contribution in [0.3, 0.4) is 0 Å². The maximum atomic E-state index is 11.2. The van der Waals surface area contributed by atoms with E-state index in [1.165, 1.54) is 7.11 Å². The molecule has 106 valence electrons. The standard InChI is InChI=1S/C14H20BrNO3/c1-4-16(8-7-14(17)19-3)10-11-9-12(15)5-6-13(11)18-2/h5-6,9H,4,7-8,10H2,1-3H3. The van der Waals surface area contributed by atoms with Crippen LogP contribution in [0.5, 0.6) is 5.75 Å². The van der Waals surface area contributed by atoms with E-state index in [1.807, 2.05) is 18.2 Å². The lowest BCUT2D eigenvalue weighted by Crippen LogP contribution is -2.26. The highest BCUT2D eigenvalue weighted by Crippen LogP contribution is 2.24. The number of methoxy groups -OCH3 is 2. The SMILES string of the molecule is CCN(CCC(=O)OC)Cc1cc(Br)ccc1OC. The summed E-state index contributed by atoms with van der Waals surface area (Å²) in [6.07, 6.45) is 0.403. The van der Waals surface area contributed by atoms with Gasteiger partial charge in [-0.05, 0) is 24.7 Å². The minimum absolute atomic E-state index is 0.181. The van der Waals surface area contributed by atoms with Crippen LogP contribution >= 0.6 is 15.9 Å². The molecule has 0 spiro atoms. The van der Waals surface area contributed by atoms with Crippen molar-refractivity contribution in [1.82, 2.24) is 4.90 Å². The lowest BCUT2D eigenvalue weighted by atomic mass is 10.2. The molecule has 1 aromatic carbocycles. The molecule has 0 aliphatic carbocycles. The summed E-state index contributed by atoms with van der Waals surface area (Å²) in [7, 11) is 3.08. The number of rotatable bonds is 7. The van der Waals surface area contributed by atoms with Gasteiger partial charge in [0.05, 0.1) is 20.6 Å². The maximum Gasteiger partial charge on any atom is 0.306 e. The fourth-order valence-corrected chi connectivity index (χ4v) is 2.22. The van der Waals surface area contributed by atoms with Gasteiger partial charge in [0.2, 0.25) is 0 Å². The number of benzene rings is 1. The van der Waals surface area contributed by atoms with E-state index in [-0.39, 0.29) is 5.97 Å². The molecule has 0 aromatic heterocycles. The third-order valence-electron chi connectivity index (χ3n) is 2.94. The Kier molecular flexibility index (Phi) is 6.87. The van der Waals surface area contributed by atoms with Crippen molar-refractivity contribution >= 4 is 21.9 Å². The Morgan fingerprint density at radius 1 is 1.37 bits per heavy atom. The molecule has 0 atom stereocenters. The van der Waals surface area contributed by atoms with Gasteiger partial charge in [0.1, 0.15) is 5.75 Å². The predicted octanol–water partition coefficient (Wildman–Crippen LogP) is 2.84. The van der Waals surface area contributed by atoms with Gasteiger partial charge in [-0.3, -0.25) is 9.69 Å². The highest BCUT2D eigenvalue weighted by atomic mass is 79.9. The van der Waals surface area contributed by atoms with E-state index < -0.39 is 0 Å². The van der Waals surface area contributed by atoms with Crippen molar-refractivity contribution in [3.05, 3.63) is 28.2 Å². The molecular formula is C14H20BrNO3. The first-order chi connectivity index (χ1) is 9.10. The van der Waals surface area contributed by atoms with Crippen molar-refractivity contribution in [2.45, 2.75) is 19.9 Å². The zero-order valence-corrected chi connectivity index (χ0v) is 13.2. The maximum absolute atomic E-state index is 11.2. The normalized spacial score (nSPS) is 10.6. The van der Waals surface area contributed by atoms with Gasteiger partial charge in [-0.25, -0.2) is 0 Å². The van der Waals surface area contributed by atoms with Crippen LogP contribution in [-0.4, -0.2) is 38.2 Å². The quantitative estimate of drug-likeness (QED) is 0.721. The number of nitrogens with zero attached hydrogens (tertiary/aromatic N) is 1. The molecule has 0 aliphatic heterocycles. The van der Waals surface area contributed by atoms with Crippen LogP contribution < -0.4 is 4.74 Å². The average molecular weight is 330 g/mol. The smallest absolute Gasteiger partial charge is 0.306 e. The van der Waals surface area contributed by atoms with E-state index in [1.54, 1.807) is 7.11 Å². The monoisotopic (exact) mass is 329 g/mol. The van der Waals surface area contributed by atoms with Gasteiger partial charge >= 0.3 is 5.97 Å². The minimum atomic E-state index is -0.181. The molecule has 1 aromatic rings. The van der Waals surface area contributed by atoms with Gasteiger partial charge in [0.25, 0.3) is 0 Å². The lowest BCUT2D eigenvalue weighted by molar-refractivity contribution is -0.141. The van der Waals surface area contributed by atoms with Gasteiger partial charge in [-0.1, -0.05) is 22.9 Å². The molecule has 0 unspecified atom stereocenters. The molecule has 0 N–H and O–H groups in total. The van der Waals surface area contributed by atoms with E-state index in [0.717, 1.165) is 28.9 Å². The summed E-state index contributed by atoms with van der Waals surface area (Å²) >= 11 is 3.46. The fourth-order valence-electron chi connectivity index (χ4n) is 1.81. The van der Waals surface area contributed by atoms with Crippen molar-refractivity contribution < 1.29 is 14.3 Å². The molecule has 0 radical (unpaired) electrons. The molecule has 0 saturated carbocycles. The Morgan fingerprint density at radius 3 is 2.68 bits per heavy atom. The average Bonchev–Trinajstić information content (AvgIpc) is 2.43. The third-order valence-corrected chi connectivity index (χ3v) is 3.44. The first kappa shape index (κ1) is 16.0. The Morgan fingerprint density at radius 2 is 2.11 bits per heavy atom. The molecule has 0 amide bonds. The molecule has 0 saturated heterocycles. The van der Waals surface area contributed by atoms with E-state index in [2.05, 4.69) is 32.5 Å². The first-order valence-corrected chi connectivity index (χ1v) is 7.01. The number of hydrogen-bond donors (Lipinski definition) is 0.